The average Bonchev–Trinajstić information content (AvgIpc) is 2.66. The minimum atomic E-state index is -0.764. The van der Waals surface area contributed by atoms with Crippen LogP contribution in [0.3, 0.4) is 0 Å². The number of rotatable bonds is 5. The van der Waals surface area contributed by atoms with Crippen LogP contribution in [0.2, 0.25) is 20.1 Å². The topological polar surface area (TPSA) is 80.3 Å². The van der Waals surface area contributed by atoms with Gasteiger partial charge in [-0.25, -0.2) is 9.78 Å². The van der Waals surface area contributed by atoms with Gasteiger partial charge in [0.25, 0.3) is 5.91 Å². The lowest BCUT2D eigenvalue weighted by atomic mass is 10.2. The smallest absolute Gasteiger partial charge is 0.326 e. The van der Waals surface area contributed by atoms with E-state index in [1.165, 1.54) is 18.3 Å². The number of hydrogen-bond donors (Lipinski definition) is 2. The van der Waals surface area contributed by atoms with Crippen LogP contribution in [0.5, 0.6) is 5.88 Å². The number of carbonyl (C=O) groups excluding carboxylic acids is 2. The van der Waals surface area contributed by atoms with Crippen LogP contribution in [0.4, 0.5) is 10.5 Å². The van der Waals surface area contributed by atoms with Crippen LogP contribution >= 0.6 is 46.4 Å². The molecule has 3 rings (SSSR count). The lowest BCUT2D eigenvalue weighted by Crippen LogP contribution is -2.34. The Kier molecular flexibility index (Phi) is 7.39. The zero-order valence-electron chi connectivity index (χ0n) is 15.1. The SMILES string of the molecule is O=C(NC(=O)c1c(Cl)cccc1Cl)Nc1ccc(OCc2cc(Cl)cc(Cl)c2)nc1. The molecule has 2 aromatic carbocycles. The van der Waals surface area contributed by atoms with Crippen molar-refractivity contribution in [2.45, 2.75) is 6.61 Å². The number of aromatic nitrogens is 1. The highest BCUT2D eigenvalue weighted by Crippen LogP contribution is 2.24. The Balaban J connectivity index is 1.56. The van der Waals surface area contributed by atoms with Crippen molar-refractivity contribution in [3.05, 3.63) is 85.9 Å². The molecule has 0 aliphatic rings. The summed E-state index contributed by atoms with van der Waals surface area (Å²) < 4.78 is 5.57. The number of urea groups is 1. The van der Waals surface area contributed by atoms with Crippen molar-refractivity contribution in [3.8, 4) is 5.88 Å². The zero-order valence-corrected chi connectivity index (χ0v) is 18.1. The predicted octanol–water partition coefficient (Wildman–Crippen LogP) is 6.24. The number of amides is 3. The van der Waals surface area contributed by atoms with Gasteiger partial charge < -0.3 is 10.1 Å². The van der Waals surface area contributed by atoms with E-state index in [1.54, 1.807) is 36.4 Å². The Morgan fingerprint density at radius 3 is 2.20 bits per heavy atom. The third-order valence-electron chi connectivity index (χ3n) is 3.72. The lowest BCUT2D eigenvalue weighted by Gasteiger charge is -2.10. The fraction of sp³-hybridized carbons (Fsp3) is 0.0500. The molecule has 0 spiro atoms. The third-order valence-corrected chi connectivity index (χ3v) is 4.79. The summed E-state index contributed by atoms with van der Waals surface area (Å²) in [5, 5.41) is 5.93. The molecule has 2 N–H and O–H groups in total. The summed E-state index contributed by atoms with van der Waals surface area (Å²) in [6, 6.07) is 12.1. The molecule has 0 aliphatic heterocycles. The van der Waals surface area contributed by atoms with Crippen molar-refractivity contribution < 1.29 is 14.3 Å². The molecule has 0 radical (unpaired) electrons. The highest BCUT2D eigenvalue weighted by atomic mass is 35.5. The van der Waals surface area contributed by atoms with Gasteiger partial charge in [0.2, 0.25) is 5.88 Å². The fourth-order valence-electron chi connectivity index (χ4n) is 2.43. The Hall–Kier alpha value is -2.51. The summed E-state index contributed by atoms with van der Waals surface area (Å²) in [7, 11) is 0. The van der Waals surface area contributed by atoms with E-state index in [-0.39, 0.29) is 22.2 Å². The van der Waals surface area contributed by atoms with E-state index in [2.05, 4.69) is 15.6 Å². The monoisotopic (exact) mass is 483 g/mol. The van der Waals surface area contributed by atoms with Gasteiger partial charge in [-0.15, -0.1) is 0 Å². The lowest BCUT2D eigenvalue weighted by molar-refractivity contribution is 0.0967. The van der Waals surface area contributed by atoms with E-state index in [4.69, 9.17) is 51.1 Å². The van der Waals surface area contributed by atoms with E-state index < -0.39 is 11.9 Å². The number of hydrogen-bond acceptors (Lipinski definition) is 4. The Bertz CT molecular complexity index is 1050. The summed E-state index contributed by atoms with van der Waals surface area (Å²) in [5.74, 6) is -0.396. The van der Waals surface area contributed by atoms with Crippen LogP contribution in [-0.2, 0) is 6.61 Å². The van der Waals surface area contributed by atoms with Gasteiger partial charge >= 0.3 is 6.03 Å². The third kappa shape index (κ3) is 6.00. The van der Waals surface area contributed by atoms with Crippen LogP contribution in [-0.4, -0.2) is 16.9 Å². The van der Waals surface area contributed by atoms with Crippen molar-refractivity contribution in [1.82, 2.24) is 10.3 Å². The standard InChI is InChI=1S/C20H13Cl4N3O3/c21-12-6-11(7-13(22)8-12)10-30-17-5-4-14(9-25-17)26-20(29)27-19(28)18-15(23)2-1-3-16(18)24/h1-9H,10H2,(H2,26,27,28,29). The largest absolute Gasteiger partial charge is 0.473 e. The second kappa shape index (κ2) is 10.00. The number of ether oxygens (including phenoxy) is 1. The highest BCUT2D eigenvalue weighted by molar-refractivity contribution is 6.40. The first kappa shape index (κ1) is 22.2. The van der Waals surface area contributed by atoms with Gasteiger partial charge in [-0.3, -0.25) is 10.1 Å². The Labute approximate surface area is 192 Å². The first-order valence-corrected chi connectivity index (χ1v) is 9.93. The highest BCUT2D eigenvalue weighted by Gasteiger charge is 2.17. The van der Waals surface area contributed by atoms with Crippen molar-refractivity contribution in [2.24, 2.45) is 0 Å². The molecule has 0 saturated heterocycles. The number of halogens is 4. The average molecular weight is 485 g/mol. The molecule has 0 saturated carbocycles. The maximum atomic E-state index is 12.2. The number of benzene rings is 2. The molecule has 3 amide bonds. The molecule has 154 valence electrons. The van der Waals surface area contributed by atoms with Crippen molar-refractivity contribution >= 4 is 64.0 Å². The number of anilines is 1. The predicted molar refractivity (Wildman–Crippen MR) is 118 cm³/mol. The molecule has 0 atom stereocenters. The van der Waals surface area contributed by atoms with E-state index in [0.717, 1.165) is 5.56 Å². The molecule has 1 aromatic heterocycles. The molecule has 30 heavy (non-hydrogen) atoms. The Morgan fingerprint density at radius 2 is 1.60 bits per heavy atom. The van der Waals surface area contributed by atoms with Crippen LogP contribution in [0, 0.1) is 0 Å². The molecule has 0 bridgehead atoms. The molecular weight excluding hydrogens is 472 g/mol. The van der Waals surface area contributed by atoms with Crippen LogP contribution < -0.4 is 15.4 Å². The molecule has 0 fully saturated rings. The van der Waals surface area contributed by atoms with Crippen molar-refractivity contribution in [1.29, 1.82) is 0 Å². The van der Waals surface area contributed by atoms with Crippen LogP contribution in [0.15, 0.2) is 54.7 Å². The molecule has 6 nitrogen and oxygen atoms in total. The second-order valence-corrected chi connectivity index (χ2v) is 7.64. The summed E-state index contributed by atoms with van der Waals surface area (Å²) in [6.07, 6.45) is 1.38. The van der Waals surface area contributed by atoms with E-state index in [1.807, 2.05) is 0 Å². The first-order chi connectivity index (χ1) is 14.3. The fourth-order valence-corrected chi connectivity index (χ4v) is 3.57. The molecule has 3 aromatic rings. The molecular formula is C20H13Cl4N3O3. The summed E-state index contributed by atoms with van der Waals surface area (Å²) in [4.78, 5) is 28.4. The summed E-state index contributed by atoms with van der Waals surface area (Å²) in [5.41, 5.74) is 1.15. The van der Waals surface area contributed by atoms with Crippen LogP contribution in [0.25, 0.3) is 0 Å². The number of nitrogens with zero attached hydrogens (tertiary/aromatic N) is 1. The van der Waals surface area contributed by atoms with E-state index in [9.17, 15) is 9.59 Å². The normalized spacial score (nSPS) is 10.4. The quantitative estimate of drug-likeness (QED) is 0.449. The van der Waals surface area contributed by atoms with Gasteiger partial charge in [0.05, 0.1) is 27.5 Å². The number of nitrogens with one attached hydrogen (secondary N) is 2. The molecule has 0 unspecified atom stereocenters. The molecule has 10 heteroatoms. The number of carbonyl (C=O) groups is 2. The summed E-state index contributed by atoms with van der Waals surface area (Å²) >= 11 is 23.8. The maximum absolute atomic E-state index is 12.2. The van der Waals surface area contributed by atoms with Gasteiger partial charge in [-0.2, -0.15) is 0 Å². The van der Waals surface area contributed by atoms with Crippen LogP contribution in [0.1, 0.15) is 15.9 Å². The van der Waals surface area contributed by atoms with Gasteiger partial charge in [-0.1, -0.05) is 52.5 Å². The van der Waals surface area contributed by atoms with E-state index >= 15 is 0 Å². The summed E-state index contributed by atoms with van der Waals surface area (Å²) in [6.45, 7) is 0.216. The second-order valence-electron chi connectivity index (χ2n) is 5.96. The minimum Gasteiger partial charge on any atom is -0.473 e. The van der Waals surface area contributed by atoms with E-state index in [0.29, 0.717) is 21.6 Å². The number of pyridine rings is 1. The minimum absolute atomic E-state index is 0.0129. The van der Waals surface area contributed by atoms with Gasteiger partial charge in [-0.05, 0) is 42.0 Å². The zero-order chi connectivity index (χ0) is 21.7. The van der Waals surface area contributed by atoms with Crippen molar-refractivity contribution in [2.75, 3.05) is 5.32 Å². The Morgan fingerprint density at radius 1 is 0.933 bits per heavy atom. The maximum Gasteiger partial charge on any atom is 0.326 e. The molecule has 1 heterocycles. The van der Waals surface area contributed by atoms with Crippen molar-refractivity contribution in [3.63, 3.8) is 0 Å². The first-order valence-electron chi connectivity index (χ1n) is 8.42. The van der Waals surface area contributed by atoms with Gasteiger partial charge in [0.15, 0.2) is 0 Å². The van der Waals surface area contributed by atoms with Gasteiger partial charge in [0, 0.05) is 16.1 Å². The van der Waals surface area contributed by atoms with Gasteiger partial charge in [0.1, 0.15) is 6.61 Å². The number of imide groups is 1. The molecule has 0 aliphatic carbocycles.